The van der Waals surface area contributed by atoms with Crippen molar-refractivity contribution in [3.63, 3.8) is 0 Å². The molecule has 0 spiro atoms. The number of nitrogens with one attached hydrogen (secondary N) is 2. The maximum absolute atomic E-state index is 12.5. The smallest absolute Gasteiger partial charge is 0.323 e. The van der Waals surface area contributed by atoms with Crippen molar-refractivity contribution < 1.29 is 9.53 Å². The number of anilines is 2. The molecule has 3 rings (SSSR count). The minimum atomic E-state index is -0.511. The zero-order valence-corrected chi connectivity index (χ0v) is 17.4. The van der Waals surface area contributed by atoms with Gasteiger partial charge in [0, 0.05) is 17.1 Å². The number of hydrogen-bond acceptors (Lipinski definition) is 7. The lowest BCUT2D eigenvalue weighted by molar-refractivity contribution is 0.119. The number of carbonyl (C=O) groups excluding carboxylic acids is 1. The van der Waals surface area contributed by atoms with Gasteiger partial charge in [-0.1, -0.05) is 0 Å². The summed E-state index contributed by atoms with van der Waals surface area (Å²) in [5.74, 6) is 0.270. The van der Waals surface area contributed by atoms with Crippen LogP contribution in [0.25, 0.3) is 5.82 Å². The van der Waals surface area contributed by atoms with Crippen molar-refractivity contribution >= 4 is 33.3 Å². The SMILES string of the molecule is CO[C@H](C)c1c(NC(=O)Nc2cnc(-n3nccn3)c(C#N)c2)cnc(C)c1Br. The van der Waals surface area contributed by atoms with Crippen LogP contribution in [-0.2, 0) is 4.74 Å². The number of nitrogens with zero attached hydrogens (tertiary/aromatic N) is 6. The molecule has 11 heteroatoms. The van der Waals surface area contributed by atoms with Gasteiger partial charge < -0.3 is 15.4 Å². The maximum atomic E-state index is 12.5. The number of urea groups is 1. The summed E-state index contributed by atoms with van der Waals surface area (Å²) < 4.78 is 6.16. The highest BCUT2D eigenvalue weighted by atomic mass is 79.9. The Labute approximate surface area is 175 Å². The summed E-state index contributed by atoms with van der Waals surface area (Å²) in [6, 6.07) is 3.01. The molecule has 0 aromatic carbocycles. The molecule has 1 atom stereocenters. The van der Waals surface area contributed by atoms with Crippen LogP contribution in [0, 0.1) is 18.3 Å². The number of nitriles is 1. The second-order valence-electron chi connectivity index (χ2n) is 5.97. The third-order valence-corrected chi connectivity index (χ3v) is 5.09. The monoisotopic (exact) mass is 456 g/mol. The number of hydrogen-bond donors (Lipinski definition) is 2. The van der Waals surface area contributed by atoms with E-state index in [0.29, 0.717) is 11.4 Å². The van der Waals surface area contributed by atoms with Gasteiger partial charge in [0.25, 0.3) is 0 Å². The van der Waals surface area contributed by atoms with Crippen LogP contribution in [0.4, 0.5) is 16.2 Å². The number of pyridine rings is 2. The van der Waals surface area contributed by atoms with E-state index in [4.69, 9.17) is 4.74 Å². The van der Waals surface area contributed by atoms with Crippen molar-refractivity contribution in [3.8, 4) is 11.9 Å². The molecule has 3 heterocycles. The van der Waals surface area contributed by atoms with Gasteiger partial charge in [-0.3, -0.25) is 4.98 Å². The first kappa shape index (κ1) is 20.4. The Balaban J connectivity index is 1.82. The second kappa shape index (κ2) is 8.76. The highest BCUT2D eigenvalue weighted by Gasteiger charge is 2.19. The van der Waals surface area contributed by atoms with Crippen molar-refractivity contribution in [2.75, 3.05) is 17.7 Å². The van der Waals surface area contributed by atoms with Gasteiger partial charge in [0.1, 0.15) is 11.6 Å². The fraction of sp³-hybridized carbons (Fsp3) is 0.222. The molecule has 0 saturated heterocycles. The molecule has 0 fully saturated rings. The molecular formula is C18H17BrN8O2. The number of rotatable bonds is 5. The fourth-order valence-electron chi connectivity index (χ4n) is 2.59. The fourth-order valence-corrected chi connectivity index (χ4v) is 3.23. The topological polar surface area (TPSA) is 131 Å². The van der Waals surface area contributed by atoms with E-state index in [-0.39, 0.29) is 17.5 Å². The number of halogens is 1. The van der Waals surface area contributed by atoms with Crippen LogP contribution in [0.1, 0.15) is 29.8 Å². The number of methoxy groups -OCH3 is 1. The summed E-state index contributed by atoms with van der Waals surface area (Å²) in [7, 11) is 1.59. The highest BCUT2D eigenvalue weighted by Crippen LogP contribution is 2.33. The lowest BCUT2D eigenvalue weighted by Gasteiger charge is -2.18. The van der Waals surface area contributed by atoms with Gasteiger partial charge in [0.15, 0.2) is 5.82 Å². The summed E-state index contributed by atoms with van der Waals surface area (Å²) in [5.41, 5.74) is 2.61. The van der Waals surface area contributed by atoms with Crippen LogP contribution < -0.4 is 10.6 Å². The van der Waals surface area contributed by atoms with Crippen LogP contribution in [0.2, 0.25) is 0 Å². The Morgan fingerprint density at radius 1 is 1.28 bits per heavy atom. The molecule has 0 radical (unpaired) electrons. The third-order valence-electron chi connectivity index (χ3n) is 4.09. The van der Waals surface area contributed by atoms with Crippen LogP contribution in [0.3, 0.4) is 0 Å². The van der Waals surface area contributed by atoms with Crippen LogP contribution in [0.15, 0.2) is 35.3 Å². The predicted octanol–water partition coefficient (Wildman–Crippen LogP) is 3.35. The van der Waals surface area contributed by atoms with E-state index in [1.54, 1.807) is 13.3 Å². The third kappa shape index (κ3) is 4.39. The van der Waals surface area contributed by atoms with E-state index >= 15 is 0 Å². The van der Waals surface area contributed by atoms with E-state index < -0.39 is 6.03 Å². The first-order chi connectivity index (χ1) is 13.9. The van der Waals surface area contributed by atoms with Gasteiger partial charge in [0.05, 0.1) is 48.0 Å². The molecule has 10 nitrogen and oxygen atoms in total. The summed E-state index contributed by atoms with van der Waals surface area (Å²) in [6.45, 7) is 3.72. The number of carbonyl (C=O) groups is 1. The number of aryl methyl sites for hydroxylation is 1. The van der Waals surface area contributed by atoms with Gasteiger partial charge in [-0.25, -0.2) is 9.78 Å². The minimum Gasteiger partial charge on any atom is -0.377 e. The minimum absolute atomic E-state index is 0.215. The van der Waals surface area contributed by atoms with Gasteiger partial charge in [-0.2, -0.15) is 15.5 Å². The molecular weight excluding hydrogens is 440 g/mol. The highest BCUT2D eigenvalue weighted by molar-refractivity contribution is 9.10. The first-order valence-electron chi connectivity index (χ1n) is 8.47. The normalized spacial score (nSPS) is 11.6. The van der Waals surface area contributed by atoms with Crippen LogP contribution in [0.5, 0.6) is 0 Å². The molecule has 148 valence electrons. The Bertz CT molecular complexity index is 1080. The van der Waals surface area contributed by atoms with E-state index in [2.05, 4.69) is 46.7 Å². The van der Waals surface area contributed by atoms with E-state index in [1.807, 2.05) is 19.9 Å². The molecule has 0 aliphatic heterocycles. The Hall–Kier alpha value is -3.36. The summed E-state index contributed by atoms with van der Waals surface area (Å²) in [4.78, 5) is 22.2. The number of aromatic nitrogens is 5. The maximum Gasteiger partial charge on any atom is 0.323 e. The van der Waals surface area contributed by atoms with Gasteiger partial charge in [-0.15, -0.1) is 4.80 Å². The summed E-state index contributed by atoms with van der Waals surface area (Å²) in [5, 5.41) is 22.7. The Kier molecular flexibility index (Phi) is 6.16. The van der Waals surface area contributed by atoms with Crippen LogP contribution in [-0.4, -0.2) is 38.1 Å². The van der Waals surface area contributed by atoms with Crippen LogP contribution >= 0.6 is 15.9 Å². The van der Waals surface area contributed by atoms with Crippen molar-refractivity contribution in [1.82, 2.24) is 25.0 Å². The standard InChI is InChI=1S/C18H17BrN8O2/c1-10-16(19)15(11(2)29-3)14(9-21-10)26-18(28)25-13-6-12(7-20)17(22-8-13)27-23-4-5-24-27/h4-6,8-9,11H,1-3H3,(H2,25,26,28)/t11-/m1/s1. The van der Waals surface area contributed by atoms with Crippen molar-refractivity contribution in [2.24, 2.45) is 0 Å². The van der Waals surface area contributed by atoms with Gasteiger partial charge in [-0.05, 0) is 35.8 Å². The summed E-state index contributed by atoms with van der Waals surface area (Å²) in [6.07, 6.45) is 5.68. The zero-order chi connectivity index (χ0) is 21.0. The molecule has 3 aromatic heterocycles. The van der Waals surface area contributed by atoms with Crippen molar-refractivity contribution in [3.05, 3.63) is 52.1 Å². The zero-order valence-electron chi connectivity index (χ0n) is 15.8. The van der Waals surface area contributed by atoms with Crippen molar-refractivity contribution in [2.45, 2.75) is 20.0 Å². The Morgan fingerprint density at radius 2 is 2.00 bits per heavy atom. The average Bonchev–Trinajstić information content (AvgIpc) is 3.25. The molecule has 2 N–H and O–H groups in total. The predicted molar refractivity (Wildman–Crippen MR) is 109 cm³/mol. The quantitative estimate of drug-likeness (QED) is 0.601. The van der Waals surface area contributed by atoms with E-state index in [9.17, 15) is 10.1 Å². The summed E-state index contributed by atoms with van der Waals surface area (Å²) >= 11 is 3.50. The average molecular weight is 457 g/mol. The molecule has 0 aliphatic rings. The van der Waals surface area contributed by atoms with Gasteiger partial charge >= 0.3 is 6.03 Å². The lowest BCUT2D eigenvalue weighted by atomic mass is 10.1. The molecule has 0 unspecified atom stereocenters. The lowest BCUT2D eigenvalue weighted by Crippen LogP contribution is -2.21. The van der Waals surface area contributed by atoms with Gasteiger partial charge in [0.2, 0.25) is 0 Å². The number of ether oxygens (including phenoxy) is 1. The van der Waals surface area contributed by atoms with E-state index in [0.717, 1.165) is 15.7 Å². The molecule has 0 aliphatic carbocycles. The molecule has 2 amide bonds. The largest absolute Gasteiger partial charge is 0.377 e. The molecule has 0 bridgehead atoms. The Morgan fingerprint density at radius 3 is 2.66 bits per heavy atom. The first-order valence-corrected chi connectivity index (χ1v) is 9.26. The second-order valence-corrected chi connectivity index (χ2v) is 6.76. The molecule has 3 aromatic rings. The van der Waals surface area contributed by atoms with Crippen molar-refractivity contribution in [1.29, 1.82) is 5.26 Å². The van der Waals surface area contributed by atoms with E-state index in [1.165, 1.54) is 29.5 Å². The number of amides is 2. The molecule has 0 saturated carbocycles. The molecule has 29 heavy (non-hydrogen) atoms.